The molecule has 3 rings (SSSR count). The molecule has 0 aliphatic heterocycles. The van der Waals surface area contributed by atoms with Gasteiger partial charge in [0.05, 0.1) is 11.3 Å². The van der Waals surface area contributed by atoms with Gasteiger partial charge in [-0.3, -0.25) is 10.1 Å². The van der Waals surface area contributed by atoms with Gasteiger partial charge in [-0.25, -0.2) is 9.97 Å². The highest BCUT2D eigenvalue weighted by Gasteiger charge is 2.12. The van der Waals surface area contributed by atoms with Crippen molar-refractivity contribution in [3.05, 3.63) is 47.4 Å². The number of anilines is 1. The predicted molar refractivity (Wildman–Crippen MR) is 70.0 cm³/mol. The van der Waals surface area contributed by atoms with Crippen LogP contribution in [0.5, 0.6) is 0 Å². The molecule has 0 unspecified atom stereocenters. The quantitative estimate of drug-likeness (QED) is 0.767. The van der Waals surface area contributed by atoms with E-state index in [1.165, 1.54) is 11.3 Å². The van der Waals surface area contributed by atoms with Crippen LogP contribution in [0.1, 0.15) is 16.1 Å². The van der Waals surface area contributed by atoms with Gasteiger partial charge in [-0.05, 0) is 19.1 Å². The maximum absolute atomic E-state index is 12.1. The number of carbonyl (C=O) groups excluding carboxylic acids is 1. The fourth-order valence-electron chi connectivity index (χ4n) is 1.70. The molecule has 0 saturated heterocycles. The second-order valence-corrected chi connectivity index (χ2v) is 4.69. The number of imidazole rings is 1. The molecule has 3 aromatic rings. The summed E-state index contributed by atoms with van der Waals surface area (Å²) in [4.78, 5) is 20.5. The zero-order valence-electron chi connectivity index (χ0n) is 9.62. The molecule has 0 atom stereocenters. The van der Waals surface area contributed by atoms with E-state index in [9.17, 15) is 4.79 Å². The molecule has 18 heavy (non-hydrogen) atoms. The van der Waals surface area contributed by atoms with Crippen LogP contribution in [-0.2, 0) is 0 Å². The summed E-state index contributed by atoms with van der Waals surface area (Å²) in [6.45, 7) is 1.89. The average Bonchev–Trinajstić information content (AvgIpc) is 2.97. The van der Waals surface area contributed by atoms with Crippen molar-refractivity contribution in [2.24, 2.45) is 0 Å². The van der Waals surface area contributed by atoms with Gasteiger partial charge < -0.3 is 4.40 Å². The lowest BCUT2D eigenvalue weighted by molar-refractivity contribution is 0.102. The number of hydrogen-bond acceptors (Lipinski definition) is 4. The van der Waals surface area contributed by atoms with E-state index in [2.05, 4.69) is 15.3 Å². The van der Waals surface area contributed by atoms with E-state index in [0.717, 1.165) is 5.69 Å². The molecule has 3 aromatic heterocycles. The number of nitrogens with one attached hydrogen (secondary N) is 1. The Bertz CT molecular complexity index is 716. The van der Waals surface area contributed by atoms with Crippen LogP contribution >= 0.6 is 11.3 Å². The summed E-state index contributed by atoms with van der Waals surface area (Å²) in [7, 11) is 0. The molecule has 0 bridgehead atoms. The highest BCUT2D eigenvalue weighted by molar-refractivity contribution is 7.13. The predicted octanol–water partition coefficient (Wildman–Crippen LogP) is 2.35. The second-order valence-electron chi connectivity index (χ2n) is 3.83. The van der Waals surface area contributed by atoms with Crippen molar-refractivity contribution in [3.8, 4) is 0 Å². The Kier molecular flexibility index (Phi) is 2.56. The highest BCUT2D eigenvalue weighted by atomic mass is 32.1. The van der Waals surface area contributed by atoms with Gasteiger partial charge in [0.2, 0.25) is 0 Å². The third-order valence-electron chi connectivity index (χ3n) is 2.50. The van der Waals surface area contributed by atoms with Gasteiger partial charge in [-0.2, -0.15) is 0 Å². The van der Waals surface area contributed by atoms with Crippen molar-refractivity contribution >= 4 is 28.0 Å². The van der Waals surface area contributed by atoms with Crippen LogP contribution in [0.15, 0.2) is 36.1 Å². The Labute approximate surface area is 107 Å². The first-order valence-corrected chi connectivity index (χ1v) is 6.27. The molecule has 0 saturated carbocycles. The van der Waals surface area contributed by atoms with E-state index in [1.807, 2.05) is 29.0 Å². The molecular weight excluding hydrogens is 248 g/mol. The van der Waals surface area contributed by atoms with Gasteiger partial charge in [-0.15, -0.1) is 11.3 Å². The van der Waals surface area contributed by atoms with Gasteiger partial charge in [0.1, 0.15) is 5.65 Å². The number of carbonyl (C=O) groups is 1. The van der Waals surface area contributed by atoms with Crippen LogP contribution in [0.3, 0.4) is 0 Å². The molecule has 6 heteroatoms. The van der Waals surface area contributed by atoms with Gasteiger partial charge in [0.25, 0.3) is 5.91 Å². The third-order valence-corrected chi connectivity index (χ3v) is 3.38. The van der Waals surface area contributed by atoms with Gasteiger partial charge >= 0.3 is 0 Å². The number of pyridine rings is 1. The first-order chi connectivity index (χ1) is 8.74. The summed E-state index contributed by atoms with van der Waals surface area (Å²) in [6, 6.07) is 3.56. The summed E-state index contributed by atoms with van der Waals surface area (Å²) >= 11 is 1.41. The number of nitrogens with zero attached hydrogens (tertiary/aromatic N) is 3. The van der Waals surface area contributed by atoms with E-state index < -0.39 is 0 Å². The first kappa shape index (κ1) is 10.9. The van der Waals surface area contributed by atoms with Crippen molar-refractivity contribution in [1.29, 1.82) is 0 Å². The normalized spacial score (nSPS) is 10.7. The van der Waals surface area contributed by atoms with Crippen molar-refractivity contribution in [2.45, 2.75) is 6.92 Å². The average molecular weight is 258 g/mol. The van der Waals surface area contributed by atoms with E-state index in [0.29, 0.717) is 16.3 Å². The number of thiazole rings is 1. The van der Waals surface area contributed by atoms with Gasteiger partial charge in [-0.1, -0.05) is 0 Å². The molecule has 5 nitrogen and oxygen atoms in total. The number of rotatable bonds is 2. The number of aryl methyl sites for hydroxylation is 1. The minimum absolute atomic E-state index is 0.193. The minimum atomic E-state index is -0.193. The van der Waals surface area contributed by atoms with Crippen molar-refractivity contribution in [3.63, 3.8) is 0 Å². The fourth-order valence-corrected chi connectivity index (χ4v) is 2.38. The minimum Gasteiger partial charge on any atom is -0.306 e. The molecular formula is C12H10N4OS. The molecule has 0 aliphatic rings. The molecule has 0 aromatic carbocycles. The zero-order valence-corrected chi connectivity index (χ0v) is 10.4. The van der Waals surface area contributed by atoms with Crippen molar-refractivity contribution < 1.29 is 4.79 Å². The maximum atomic E-state index is 12.1. The van der Waals surface area contributed by atoms with Crippen molar-refractivity contribution in [1.82, 2.24) is 14.4 Å². The highest BCUT2D eigenvalue weighted by Crippen LogP contribution is 2.17. The smallest absolute Gasteiger partial charge is 0.261 e. The first-order valence-electron chi connectivity index (χ1n) is 5.39. The standard InChI is InChI=1S/C12H10N4OS/c1-8-7-18-12(14-8)15-11(17)9-3-2-5-16-6-4-13-10(9)16/h2-7H,1H3,(H,14,15,17). The number of hydrogen-bond donors (Lipinski definition) is 1. The van der Waals surface area contributed by atoms with E-state index in [1.54, 1.807) is 18.5 Å². The molecule has 3 heterocycles. The summed E-state index contributed by atoms with van der Waals surface area (Å²) in [6.07, 6.45) is 5.33. The van der Waals surface area contributed by atoms with Gasteiger partial charge in [0.15, 0.2) is 5.13 Å². The lowest BCUT2D eigenvalue weighted by Crippen LogP contribution is -2.13. The largest absolute Gasteiger partial charge is 0.306 e. The topological polar surface area (TPSA) is 59.3 Å². The van der Waals surface area contributed by atoms with Crippen LogP contribution in [0.2, 0.25) is 0 Å². The Balaban J connectivity index is 1.94. The van der Waals surface area contributed by atoms with E-state index in [-0.39, 0.29) is 5.91 Å². The molecule has 90 valence electrons. The molecule has 1 N–H and O–H groups in total. The monoisotopic (exact) mass is 258 g/mol. The Morgan fingerprint density at radius 3 is 3.11 bits per heavy atom. The lowest BCUT2D eigenvalue weighted by atomic mass is 10.2. The lowest BCUT2D eigenvalue weighted by Gasteiger charge is -2.03. The summed E-state index contributed by atoms with van der Waals surface area (Å²) in [5, 5.41) is 5.27. The van der Waals surface area contributed by atoms with Crippen LogP contribution in [0.4, 0.5) is 5.13 Å². The number of aromatic nitrogens is 3. The molecule has 0 radical (unpaired) electrons. The summed E-state index contributed by atoms with van der Waals surface area (Å²) in [5.74, 6) is -0.193. The maximum Gasteiger partial charge on any atom is 0.261 e. The van der Waals surface area contributed by atoms with E-state index >= 15 is 0 Å². The summed E-state index contributed by atoms with van der Waals surface area (Å²) < 4.78 is 1.81. The van der Waals surface area contributed by atoms with Crippen LogP contribution in [0, 0.1) is 6.92 Å². The Morgan fingerprint density at radius 1 is 1.44 bits per heavy atom. The third kappa shape index (κ3) is 1.86. The van der Waals surface area contributed by atoms with Crippen LogP contribution < -0.4 is 5.32 Å². The Hall–Kier alpha value is -2.21. The Morgan fingerprint density at radius 2 is 2.33 bits per heavy atom. The second kappa shape index (κ2) is 4.23. The molecule has 0 spiro atoms. The SMILES string of the molecule is Cc1csc(NC(=O)c2cccn3ccnc23)n1. The zero-order chi connectivity index (χ0) is 12.5. The number of fused-ring (bicyclic) bond motifs is 1. The van der Waals surface area contributed by atoms with Gasteiger partial charge in [0, 0.05) is 24.0 Å². The molecule has 1 amide bonds. The summed E-state index contributed by atoms with van der Waals surface area (Å²) in [5.41, 5.74) is 2.08. The van der Waals surface area contributed by atoms with E-state index in [4.69, 9.17) is 0 Å². The molecule has 0 aliphatic carbocycles. The van der Waals surface area contributed by atoms with Crippen LogP contribution in [0.25, 0.3) is 5.65 Å². The van der Waals surface area contributed by atoms with Crippen LogP contribution in [-0.4, -0.2) is 20.3 Å². The number of amides is 1. The molecule has 0 fully saturated rings. The fraction of sp³-hybridized carbons (Fsp3) is 0.0833. The van der Waals surface area contributed by atoms with Crippen molar-refractivity contribution in [2.75, 3.05) is 5.32 Å².